The lowest BCUT2D eigenvalue weighted by molar-refractivity contribution is -0.0195. The Balaban J connectivity index is 1.42. The molecule has 1 aromatic heterocycles. The highest BCUT2D eigenvalue weighted by Crippen LogP contribution is 2.44. The fourth-order valence-corrected chi connectivity index (χ4v) is 4.67. The number of fused-ring (bicyclic) bond motifs is 2. The molecule has 1 saturated heterocycles. The van der Waals surface area contributed by atoms with E-state index in [0.29, 0.717) is 5.56 Å². The summed E-state index contributed by atoms with van der Waals surface area (Å²) in [5, 5.41) is 11.6. The van der Waals surface area contributed by atoms with Crippen LogP contribution in [-0.2, 0) is 6.54 Å². The molecule has 0 saturated carbocycles. The molecule has 1 amide bonds. The number of benzene rings is 2. The maximum absolute atomic E-state index is 13.2. The SMILES string of the molecule is CCn1nnc2cc(C(=O)NC3CC4(CCN(C)CC4)Oc4ccccc43)ccc21. The molecule has 1 fully saturated rings. The molecule has 1 N–H and O–H groups in total. The fourth-order valence-electron chi connectivity index (χ4n) is 4.67. The lowest BCUT2D eigenvalue weighted by Crippen LogP contribution is -2.51. The number of ether oxygens (including phenoxy) is 1. The number of para-hydroxylation sites is 1. The van der Waals surface area contributed by atoms with Crippen LogP contribution in [0.15, 0.2) is 42.5 Å². The van der Waals surface area contributed by atoms with Crippen LogP contribution in [0.25, 0.3) is 11.0 Å². The van der Waals surface area contributed by atoms with Gasteiger partial charge in [0.05, 0.1) is 11.6 Å². The normalized spacial score (nSPS) is 20.7. The van der Waals surface area contributed by atoms with Crippen LogP contribution in [0.5, 0.6) is 5.75 Å². The average molecular weight is 406 g/mol. The molecule has 1 atom stereocenters. The Morgan fingerprint density at radius 2 is 2.03 bits per heavy atom. The number of carbonyl (C=O) groups is 1. The van der Waals surface area contributed by atoms with Gasteiger partial charge in [-0.2, -0.15) is 0 Å². The first kappa shape index (κ1) is 19.1. The van der Waals surface area contributed by atoms with Gasteiger partial charge in [0, 0.05) is 37.2 Å². The average Bonchev–Trinajstić information content (AvgIpc) is 3.18. The summed E-state index contributed by atoms with van der Waals surface area (Å²) >= 11 is 0. The second kappa shape index (κ2) is 7.40. The highest BCUT2D eigenvalue weighted by atomic mass is 16.5. The Labute approximate surface area is 176 Å². The Kier molecular flexibility index (Phi) is 4.70. The minimum atomic E-state index is -0.216. The van der Waals surface area contributed by atoms with E-state index >= 15 is 0 Å². The molecule has 3 heterocycles. The van der Waals surface area contributed by atoms with Gasteiger partial charge in [0.25, 0.3) is 5.91 Å². The first-order valence-electron chi connectivity index (χ1n) is 10.7. The summed E-state index contributed by atoms with van der Waals surface area (Å²) in [7, 11) is 2.15. The smallest absolute Gasteiger partial charge is 0.251 e. The van der Waals surface area contributed by atoms with E-state index in [0.717, 1.165) is 61.2 Å². The van der Waals surface area contributed by atoms with Gasteiger partial charge in [-0.1, -0.05) is 23.4 Å². The second-order valence-electron chi connectivity index (χ2n) is 8.47. The van der Waals surface area contributed by atoms with Crippen molar-refractivity contribution in [1.82, 2.24) is 25.2 Å². The Morgan fingerprint density at radius 1 is 1.23 bits per heavy atom. The van der Waals surface area contributed by atoms with Crippen LogP contribution >= 0.6 is 0 Å². The monoisotopic (exact) mass is 405 g/mol. The molecule has 2 aliphatic rings. The molecular formula is C23H27N5O2. The van der Waals surface area contributed by atoms with Crippen LogP contribution in [0.1, 0.15) is 48.1 Å². The third kappa shape index (κ3) is 3.33. The van der Waals surface area contributed by atoms with E-state index in [4.69, 9.17) is 4.74 Å². The molecule has 3 aromatic rings. The largest absolute Gasteiger partial charge is 0.487 e. The number of likely N-dealkylation sites (tertiary alicyclic amines) is 1. The van der Waals surface area contributed by atoms with E-state index in [1.165, 1.54) is 0 Å². The van der Waals surface area contributed by atoms with Crippen molar-refractivity contribution in [3.8, 4) is 5.75 Å². The van der Waals surface area contributed by atoms with Gasteiger partial charge in [0.2, 0.25) is 0 Å². The molecule has 156 valence electrons. The molecule has 0 radical (unpaired) electrons. The molecule has 0 bridgehead atoms. The number of nitrogens with one attached hydrogen (secondary N) is 1. The summed E-state index contributed by atoms with van der Waals surface area (Å²) < 4.78 is 8.33. The lowest BCUT2D eigenvalue weighted by atomic mass is 9.80. The van der Waals surface area contributed by atoms with E-state index in [2.05, 4.69) is 33.6 Å². The van der Waals surface area contributed by atoms with Crippen LogP contribution in [0.3, 0.4) is 0 Å². The van der Waals surface area contributed by atoms with Gasteiger partial charge >= 0.3 is 0 Å². The summed E-state index contributed by atoms with van der Waals surface area (Å²) in [6.07, 6.45) is 2.73. The molecule has 2 aliphatic heterocycles. The van der Waals surface area contributed by atoms with Crippen LogP contribution in [-0.4, -0.2) is 51.5 Å². The van der Waals surface area contributed by atoms with Crippen LogP contribution in [0.2, 0.25) is 0 Å². The van der Waals surface area contributed by atoms with E-state index in [9.17, 15) is 4.79 Å². The summed E-state index contributed by atoms with van der Waals surface area (Å²) in [4.78, 5) is 15.5. The topological polar surface area (TPSA) is 72.3 Å². The van der Waals surface area contributed by atoms with Gasteiger partial charge in [-0.05, 0) is 51.1 Å². The number of carbonyl (C=O) groups excluding carboxylic acids is 1. The van der Waals surface area contributed by atoms with E-state index < -0.39 is 0 Å². The Bertz CT molecular complexity index is 1080. The lowest BCUT2D eigenvalue weighted by Gasteiger charge is -2.46. The number of amides is 1. The highest BCUT2D eigenvalue weighted by Gasteiger charge is 2.43. The molecule has 7 heteroatoms. The minimum absolute atomic E-state index is 0.0760. The standard InChI is InChI=1S/C23H27N5O2/c1-3-28-20-9-8-16(14-18(20)25-26-28)22(29)24-19-15-23(10-12-27(2)13-11-23)30-21-7-5-4-6-17(19)21/h4-9,14,19H,3,10-13,15H2,1-2H3,(H,24,29). The molecule has 30 heavy (non-hydrogen) atoms. The van der Waals surface area contributed by atoms with Crippen molar-refractivity contribution in [2.75, 3.05) is 20.1 Å². The maximum Gasteiger partial charge on any atom is 0.251 e. The van der Waals surface area contributed by atoms with Gasteiger partial charge < -0.3 is 15.0 Å². The van der Waals surface area contributed by atoms with Crippen LogP contribution in [0.4, 0.5) is 0 Å². The predicted molar refractivity (Wildman–Crippen MR) is 115 cm³/mol. The van der Waals surface area contributed by atoms with Crippen molar-refractivity contribution in [3.05, 3.63) is 53.6 Å². The van der Waals surface area contributed by atoms with Gasteiger partial charge in [-0.25, -0.2) is 4.68 Å². The number of hydrogen-bond donors (Lipinski definition) is 1. The van der Waals surface area contributed by atoms with Gasteiger partial charge in [0.15, 0.2) is 0 Å². The molecule has 0 aliphatic carbocycles. The van der Waals surface area contributed by atoms with E-state index in [-0.39, 0.29) is 17.6 Å². The van der Waals surface area contributed by atoms with Crippen molar-refractivity contribution < 1.29 is 9.53 Å². The molecule has 5 rings (SSSR count). The van der Waals surface area contributed by atoms with Crippen molar-refractivity contribution >= 4 is 16.9 Å². The number of aromatic nitrogens is 3. The number of piperidine rings is 1. The third-order valence-corrected chi connectivity index (χ3v) is 6.48. The number of hydrogen-bond acceptors (Lipinski definition) is 5. The zero-order valence-corrected chi connectivity index (χ0v) is 17.5. The van der Waals surface area contributed by atoms with Crippen molar-refractivity contribution in [1.29, 1.82) is 0 Å². The summed E-state index contributed by atoms with van der Waals surface area (Å²) in [5.41, 5.74) is 3.12. The third-order valence-electron chi connectivity index (χ3n) is 6.48. The van der Waals surface area contributed by atoms with Crippen molar-refractivity contribution in [2.24, 2.45) is 0 Å². The summed E-state index contributed by atoms with van der Waals surface area (Å²) in [5.74, 6) is 0.799. The van der Waals surface area contributed by atoms with E-state index in [1.54, 1.807) is 0 Å². The van der Waals surface area contributed by atoms with Crippen LogP contribution < -0.4 is 10.1 Å². The van der Waals surface area contributed by atoms with Gasteiger partial charge in [-0.15, -0.1) is 5.10 Å². The van der Waals surface area contributed by atoms with E-state index in [1.807, 2.05) is 48.0 Å². The van der Waals surface area contributed by atoms with Gasteiger partial charge in [0.1, 0.15) is 16.9 Å². The van der Waals surface area contributed by atoms with Crippen molar-refractivity contribution in [3.63, 3.8) is 0 Å². The number of rotatable bonds is 3. The molecule has 1 spiro atoms. The summed E-state index contributed by atoms with van der Waals surface area (Å²) in [6, 6.07) is 13.6. The zero-order chi connectivity index (χ0) is 20.7. The minimum Gasteiger partial charge on any atom is -0.487 e. The molecule has 1 unspecified atom stereocenters. The molecule has 7 nitrogen and oxygen atoms in total. The first-order chi connectivity index (χ1) is 14.6. The first-order valence-corrected chi connectivity index (χ1v) is 10.7. The highest BCUT2D eigenvalue weighted by molar-refractivity contribution is 5.97. The molecule has 2 aromatic carbocycles. The fraction of sp³-hybridized carbons (Fsp3) is 0.435. The molecular weight excluding hydrogens is 378 g/mol. The number of aryl methyl sites for hydroxylation is 1. The second-order valence-corrected chi connectivity index (χ2v) is 8.47. The van der Waals surface area contributed by atoms with Gasteiger partial charge in [-0.3, -0.25) is 4.79 Å². The summed E-state index contributed by atoms with van der Waals surface area (Å²) in [6.45, 7) is 4.79. The Morgan fingerprint density at radius 3 is 2.83 bits per heavy atom. The quantitative estimate of drug-likeness (QED) is 0.725. The zero-order valence-electron chi connectivity index (χ0n) is 17.5. The number of nitrogens with zero attached hydrogens (tertiary/aromatic N) is 4. The predicted octanol–water partition coefficient (Wildman–Crippen LogP) is 3.17. The maximum atomic E-state index is 13.2. The Hall–Kier alpha value is -2.93. The van der Waals surface area contributed by atoms with Crippen LogP contribution in [0, 0.1) is 0 Å². The van der Waals surface area contributed by atoms with Crippen molar-refractivity contribution in [2.45, 2.75) is 44.4 Å².